The van der Waals surface area contributed by atoms with Gasteiger partial charge in [0.1, 0.15) is 23.8 Å². The summed E-state index contributed by atoms with van der Waals surface area (Å²) in [5.41, 5.74) is 6.75. The van der Waals surface area contributed by atoms with Gasteiger partial charge in [-0.3, -0.25) is 4.57 Å². The van der Waals surface area contributed by atoms with E-state index in [-0.39, 0.29) is 11.6 Å². The molecule has 4 atom stereocenters. The number of rotatable bonds is 4. The normalized spacial score (nSPS) is 27.8. The zero-order valence-corrected chi connectivity index (χ0v) is 16.2. The predicted molar refractivity (Wildman–Crippen MR) is 105 cm³/mol. The van der Waals surface area contributed by atoms with Gasteiger partial charge in [0, 0.05) is 6.42 Å². The molecule has 3 heterocycles. The molecule has 0 bridgehead atoms. The quantitative estimate of drug-likeness (QED) is 0.550. The van der Waals surface area contributed by atoms with Crippen molar-refractivity contribution in [3.63, 3.8) is 0 Å². The van der Waals surface area contributed by atoms with Gasteiger partial charge in [-0.05, 0) is 18.3 Å². The van der Waals surface area contributed by atoms with E-state index in [4.69, 9.17) is 10.5 Å². The fourth-order valence-electron chi connectivity index (χ4n) is 4.18. The molecule has 2 unspecified atom stereocenters. The van der Waals surface area contributed by atoms with Crippen molar-refractivity contribution in [3.8, 4) is 11.8 Å². The van der Waals surface area contributed by atoms with Gasteiger partial charge in [-0.15, -0.1) is 0 Å². The van der Waals surface area contributed by atoms with E-state index in [0.29, 0.717) is 11.2 Å². The first-order valence-corrected chi connectivity index (χ1v) is 10.2. The van der Waals surface area contributed by atoms with Crippen LogP contribution in [0.1, 0.15) is 57.0 Å². The Balaban J connectivity index is 1.53. The van der Waals surface area contributed by atoms with Crippen molar-refractivity contribution in [2.24, 2.45) is 5.92 Å². The van der Waals surface area contributed by atoms with Crippen LogP contribution in [-0.2, 0) is 4.74 Å². The summed E-state index contributed by atoms with van der Waals surface area (Å²) in [4.78, 5) is 12.9. The van der Waals surface area contributed by atoms with Crippen molar-refractivity contribution in [1.29, 1.82) is 0 Å². The molecule has 9 nitrogen and oxygen atoms in total. The lowest BCUT2D eigenvalue weighted by Crippen LogP contribution is -2.33. The Kier molecular flexibility index (Phi) is 5.96. The second kappa shape index (κ2) is 8.63. The number of imidazole rings is 1. The Hall–Kier alpha value is -2.25. The summed E-state index contributed by atoms with van der Waals surface area (Å²) in [5.74, 6) is 7.36. The lowest BCUT2D eigenvalue weighted by Gasteiger charge is -2.20. The zero-order chi connectivity index (χ0) is 20.4. The first-order chi connectivity index (χ1) is 14.1. The van der Waals surface area contributed by atoms with Crippen molar-refractivity contribution in [3.05, 3.63) is 12.2 Å². The average molecular weight is 401 g/mol. The van der Waals surface area contributed by atoms with Gasteiger partial charge >= 0.3 is 0 Å². The van der Waals surface area contributed by atoms with Crippen molar-refractivity contribution in [2.75, 3.05) is 12.3 Å². The highest BCUT2D eigenvalue weighted by molar-refractivity contribution is 5.82. The minimum absolute atomic E-state index is 0.192. The topological polar surface area (TPSA) is 140 Å². The van der Waals surface area contributed by atoms with Gasteiger partial charge in [-0.2, -0.15) is 0 Å². The van der Waals surface area contributed by atoms with Crippen LogP contribution in [-0.4, -0.2) is 59.8 Å². The fourth-order valence-corrected chi connectivity index (χ4v) is 4.18. The third kappa shape index (κ3) is 4.07. The molecule has 1 aliphatic heterocycles. The molecule has 1 aliphatic carbocycles. The largest absolute Gasteiger partial charge is 0.394 e. The number of hydrogen-bond acceptors (Lipinski definition) is 8. The second-order valence-corrected chi connectivity index (χ2v) is 7.83. The monoisotopic (exact) mass is 401 g/mol. The highest BCUT2D eigenvalue weighted by Gasteiger charge is 2.44. The van der Waals surface area contributed by atoms with Crippen molar-refractivity contribution < 1.29 is 20.1 Å². The molecule has 1 saturated heterocycles. The number of aliphatic hydroxyl groups excluding tert-OH is 3. The Morgan fingerprint density at radius 3 is 2.69 bits per heavy atom. The SMILES string of the molecule is Nc1nc(C#CCCC2CCCCC2)nc2c1ncn2[C@@H]1O[C@H](CO)C(O)C1O. The van der Waals surface area contributed by atoms with Crippen LogP contribution in [0, 0.1) is 17.8 Å². The van der Waals surface area contributed by atoms with Gasteiger partial charge in [0.2, 0.25) is 5.82 Å². The molecule has 1 saturated carbocycles. The molecular weight excluding hydrogens is 374 g/mol. The summed E-state index contributed by atoms with van der Waals surface area (Å²) < 4.78 is 7.06. The lowest BCUT2D eigenvalue weighted by molar-refractivity contribution is -0.0511. The fraction of sp³-hybridized carbons (Fsp3) is 0.650. The van der Waals surface area contributed by atoms with Gasteiger partial charge in [-0.25, -0.2) is 15.0 Å². The van der Waals surface area contributed by atoms with Crippen LogP contribution >= 0.6 is 0 Å². The number of hydrogen-bond donors (Lipinski definition) is 4. The van der Waals surface area contributed by atoms with Crippen LogP contribution in [0.15, 0.2) is 6.33 Å². The molecular formula is C20H27N5O4. The van der Waals surface area contributed by atoms with Crippen LogP contribution in [0.2, 0.25) is 0 Å². The zero-order valence-electron chi connectivity index (χ0n) is 16.2. The Morgan fingerprint density at radius 1 is 1.17 bits per heavy atom. The van der Waals surface area contributed by atoms with Gasteiger partial charge in [0.15, 0.2) is 17.7 Å². The summed E-state index contributed by atoms with van der Waals surface area (Å²) in [7, 11) is 0. The van der Waals surface area contributed by atoms with Crippen LogP contribution in [0.4, 0.5) is 5.82 Å². The third-order valence-electron chi connectivity index (χ3n) is 5.84. The molecule has 156 valence electrons. The second-order valence-electron chi connectivity index (χ2n) is 7.83. The smallest absolute Gasteiger partial charge is 0.208 e. The lowest BCUT2D eigenvalue weighted by atomic mass is 9.86. The molecule has 2 aromatic rings. The molecule has 0 amide bonds. The van der Waals surface area contributed by atoms with Crippen LogP contribution < -0.4 is 5.73 Å². The number of nitrogens with two attached hydrogens (primary N) is 1. The van der Waals surface area contributed by atoms with Crippen LogP contribution in [0.25, 0.3) is 11.2 Å². The average Bonchev–Trinajstić information content (AvgIpc) is 3.28. The molecule has 2 aliphatic rings. The van der Waals surface area contributed by atoms with E-state index in [1.807, 2.05) is 0 Å². The maximum Gasteiger partial charge on any atom is 0.208 e. The summed E-state index contributed by atoms with van der Waals surface area (Å²) in [6.07, 6.45) is 5.62. The number of anilines is 1. The van der Waals surface area contributed by atoms with Gasteiger partial charge in [-0.1, -0.05) is 38.0 Å². The van der Waals surface area contributed by atoms with Gasteiger partial charge in [0.05, 0.1) is 12.9 Å². The van der Waals surface area contributed by atoms with Crippen molar-refractivity contribution >= 4 is 17.0 Å². The Labute approximate surface area is 168 Å². The molecule has 2 aromatic heterocycles. The number of nitrogen functional groups attached to an aromatic ring is 1. The first-order valence-electron chi connectivity index (χ1n) is 10.2. The molecule has 2 fully saturated rings. The maximum atomic E-state index is 10.3. The number of ether oxygens (including phenoxy) is 1. The molecule has 0 radical (unpaired) electrons. The van der Waals surface area contributed by atoms with E-state index in [9.17, 15) is 15.3 Å². The molecule has 0 spiro atoms. The van der Waals surface area contributed by atoms with E-state index in [1.165, 1.54) is 43.0 Å². The van der Waals surface area contributed by atoms with Crippen molar-refractivity contribution in [1.82, 2.24) is 19.5 Å². The summed E-state index contributed by atoms with van der Waals surface area (Å²) in [6, 6.07) is 0. The van der Waals surface area contributed by atoms with E-state index >= 15 is 0 Å². The van der Waals surface area contributed by atoms with E-state index < -0.39 is 31.1 Å². The summed E-state index contributed by atoms with van der Waals surface area (Å²) in [5, 5.41) is 29.6. The number of nitrogens with zero attached hydrogens (tertiary/aromatic N) is 4. The number of aliphatic hydroxyl groups is 3. The highest BCUT2D eigenvalue weighted by atomic mass is 16.6. The van der Waals surface area contributed by atoms with Gasteiger partial charge < -0.3 is 25.8 Å². The number of aromatic nitrogens is 4. The predicted octanol–water partition coefficient (Wildman–Crippen LogP) is 0.732. The maximum absolute atomic E-state index is 10.3. The number of fused-ring (bicyclic) bond motifs is 1. The molecule has 29 heavy (non-hydrogen) atoms. The molecule has 5 N–H and O–H groups in total. The molecule has 0 aromatic carbocycles. The van der Waals surface area contributed by atoms with Gasteiger partial charge in [0.25, 0.3) is 0 Å². The highest BCUT2D eigenvalue weighted by Crippen LogP contribution is 2.32. The summed E-state index contributed by atoms with van der Waals surface area (Å²) >= 11 is 0. The Bertz CT molecular complexity index is 915. The van der Waals surface area contributed by atoms with Crippen LogP contribution in [0.3, 0.4) is 0 Å². The first kappa shape index (κ1) is 20.0. The standard InChI is InChI=1S/C20H27N5O4/c21-18-15-19(25(11-22-15)20-17(28)16(27)13(10-26)29-20)24-14(23-18)9-5-4-8-12-6-2-1-3-7-12/h11-13,16-17,20,26-28H,1-4,6-8,10H2,(H2,21,23,24)/t13-,16?,17?,20-/m1/s1. The minimum atomic E-state index is -1.23. The Morgan fingerprint density at radius 2 is 1.97 bits per heavy atom. The van der Waals surface area contributed by atoms with Crippen LogP contribution in [0.5, 0.6) is 0 Å². The summed E-state index contributed by atoms with van der Waals surface area (Å²) in [6.45, 7) is -0.407. The van der Waals surface area contributed by atoms with E-state index in [0.717, 1.165) is 18.8 Å². The third-order valence-corrected chi connectivity index (χ3v) is 5.84. The van der Waals surface area contributed by atoms with Crippen molar-refractivity contribution in [2.45, 2.75) is 69.5 Å². The molecule has 4 rings (SSSR count). The molecule has 9 heteroatoms. The van der Waals surface area contributed by atoms with E-state index in [2.05, 4.69) is 26.8 Å². The minimum Gasteiger partial charge on any atom is -0.394 e. The van der Waals surface area contributed by atoms with E-state index in [1.54, 1.807) is 0 Å².